The highest BCUT2D eigenvalue weighted by atomic mass is 32.2. The number of aryl methyl sites for hydroxylation is 2. The molecule has 3 rings (SSSR count). The topological polar surface area (TPSA) is 102 Å². The zero-order valence-electron chi connectivity index (χ0n) is 15.9. The molecule has 0 saturated heterocycles. The van der Waals surface area contributed by atoms with Gasteiger partial charge in [-0.05, 0) is 50.1 Å². The number of rotatable bonds is 5. The standard InChI is InChI=1S/C20H22N2O5S/c1-12-5-4-6-15(7-12)21-19(23)9-14(3)28(25,26)18-10-17-16(8-13(18)2)22-20(24)11-27-17/h4-8,10,14H,9,11H2,1-3H3,(H,21,23)(H,22,24). The Morgan fingerprint density at radius 3 is 2.71 bits per heavy atom. The van der Waals surface area contributed by atoms with Crippen LogP contribution in [0.1, 0.15) is 24.5 Å². The molecule has 1 aliphatic heterocycles. The van der Waals surface area contributed by atoms with Crippen LogP contribution in [0.3, 0.4) is 0 Å². The summed E-state index contributed by atoms with van der Waals surface area (Å²) in [6.45, 7) is 4.90. The van der Waals surface area contributed by atoms with Crippen molar-refractivity contribution in [1.29, 1.82) is 0 Å². The number of ether oxygens (including phenoxy) is 1. The van der Waals surface area contributed by atoms with E-state index in [1.807, 2.05) is 25.1 Å². The number of nitrogens with one attached hydrogen (secondary N) is 2. The Balaban J connectivity index is 1.78. The fourth-order valence-corrected chi connectivity index (χ4v) is 4.63. The molecule has 7 nitrogen and oxygen atoms in total. The van der Waals surface area contributed by atoms with Crippen LogP contribution in [-0.4, -0.2) is 32.1 Å². The number of benzene rings is 2. The number of carbonyl (C=O) groups is 2. The first-order valence-corrected chi connectivity index (χ1v) is 10.4. The third kappa shape index (κ3) is 4.17. The quantitative estimate of drug-likeness (QED) is 0.801. The molecule has 2 aromatic rings. The van der Waals surface area contributed by atoms with Crippen LogP contribution in [0.2, 0.25) is 0 Å². The highest BCUT2D eigenvalue weighted by molar-refractivity contribution is 7.92. The van der Waals surface area contributed by atoms with Crippen LogP contribution >= 0.6 is 0 Å². The molecule has 0 spiro atoms. The maximum atomic E-state index is 13.0. The van der Waals surface area contributed by atoms with Crippen molar-refractivity contribution in [3.05, 3.63) is 47.5 Å². The van der Waals surface area contributed by atoms with E-state index in [1.165, 1.54) is 13.0 Å². The molecule has 1 unspecified atom stereocenters. The summed E-state index contributed by atoms with van der Waals surface area (Å²) in [7, 11) is -3.77. The lowest BCUT2D eigenvalue weighted by Gasteiger charge is -2.21. The number of anilines is 2. The minimum absolute atomic E-state index is 0.0956. The number of hydrogen-bond donors (Lipinski definition) is 2. The average Bonchev–Trinajstić information content (AvgIpc) is 2.60. The van der Waals surface area contributed by atoms with Crippen molar-refractivity contribution in [3.63, 3.8) is 0 Å². The van der Waals surface area contributed by atoms with Crippen LogP contribution in [0.15, 0.2) is 41.3 Å². The van der Waals surface area contributed by atoms with Gasteiger partial charge < -0.3 is 15.4 Å². The predicted molar refractivity (Wildman–Crippen MR) is 106 cm³/mol. The van der Waals surface area contributed by atoms with Crippen molar-refractivity contribution in [3.8, 4) is 5.75 Å². The van der Waals surface area contributed by atoms with E-state index in [2.05, 4.69) is 10.6 Å². The highest BCUT2D eigenvalue weighted by Crippen LogP contribution is 2.34. The molecular weight excluding hydrogens is 380 g/mol. The number of fused-ring (bicyclic) bond motifs is 1. The summed E-state index contributed by atoms with van der Waals surface area (Å²) < 4.78 is 31.4. The second kappa shape index (κ2) is 7.63. The smallest absolute Gasteiger partial charge is 0.262 e. The van der Waals surface area contributed by atoms with Crippen LogP contribution in [0.5, 0.6) is 5.75 Å². The van der Waals surface area contributed by atoms with Crippen molar-refractivity contribution >= 4 is 33.0 Å². The van der Waals surface area contributed by atoms with E-state index in [1.54, 1.807) is 19.1 Å². The van der Waals surface area contributed by atoms with Gasteiger partial charge in [0.2, 0.25) is 5.91 Å². The SMILES string of the molecule is Cc1cccc(NC(=O)CC(C)S(=O)(=O)c2cc3c(cc2C)NC(=O)CO3)c1. The molecule has 0 aromatic heterocycles. The lowest BCUT2D eigenvalue weighted by Crippen LogP contribution is -2.27. The van der Waals surface area contributed by atoms with Crippen LogP contribution in [-0.2, 0) is 19.4 Å². The van der Waals surface area contributed by atoms with E-state index >= 15 is 0 Å². The molecule has 2 N–H and O–H groups in total. The Bertz CT molecular complexity index is 1050. The molecule has 1 atom stereocenters. The predicted octanol–water partition coefficient (Wildman–Crippen LogP) is 2.83. The van der Waals surface area contributed by atoms with Crippen molar-refractivity contribution in [2.75, 3.05) is 17.2 Å². The molecule has 1 aliphatic rings. The van der Waals surface area contributed by atoms with Gasteiger partial charge in [0.1, 0.15) is 5.75 Å². The van der Waals surface area contributed by atoms with Crippen LogP contribution in [0.4, 0.5) is 11.4 Å². The van der Waals surface area contributed by atoms with E-state index in [9.17, 15) is 18.0 Å². The molecule has 0 bridgehead atoms. The molecule has 1 heterocycles. The summed E-state index contributed by atoms with van der Waals surface area (Å²) in [5, 5.41) is 4.46. The van der Waals surface area contributed by atoms with Gasteiger partial charge in [-0.2, -0.15) is 0 Å². The zero-order chi connectivity index (χ0) is 20.5. The summed E-state index contributed by atoms with van der Waals surface area (Å²) in [6, 6.07) is 10.3. The lowest BCUT2D eigenvalue weighted by molar-refractivity contribution is -0.118. The van der Waals surface area contributed by atoms with Gasteiger partial charge in [0.05, 0.1) is 15.8 Å². The minimum atomic E-state index is -3.77. The van der Waals surface area contributed by atoms with Crippen LogP contribution in [0, 0.1) is 13.8 Å². The molecule has 2 amide bonds. The van der Waals surface area contributed by atoms with E-state index in [-0.39, 0.29) is 29.7 Å². The monoisotopic (exact) mass is 402 g/mol. The van der Waals surface area contributed by atoms with E-state index in [0.717, 1.165) is 5.56 Å². The number of sulfone groups is 1. The van der Waals surface area contributed by atoms with Gasteiger partial charge >= 0.3 is 0 Å². The van der Waals surface area contributed by atoms with Crippen LogP contribution in [0.25, 0.3) is 0 Å². The summed E-state index contributed by atoms with van der Waals surface area (Å²) in [4.78, 5) is 23.8. The third-order valence-corrected chi connectivity index (χ3v) is 6.80. The van der Waals surface area contributed by atoms with Gasteiger partial charge in [0, 0.05) is 18.2 Å². The Morgan fingerprint density at radius 2 is 2.00 bits per heavy atom. The van der Waals surface area contributed by atoms with Gasteiger partial charge in [-0.3, -0.25) is 9.59 Å². The Morgan fingerprint density at radius 1 is 1.25 bits per heavy atom. The van der Waals surface area contributed by atoms with Crippen LogP contribution < -0.4 is 15.4 Å². The number of carbonyl (C=O) groups excluding carboxylic acids is 2. The molecule has 2 aromatic carbocycles. The minimum Gasteiger partial charge on any atom is -0.482 e. The van der Waals surface area contributed by atoms with Gasteiger partial charge in [-0.25, -0.2) is 8.42 Å². The average molecular weight is 402 g/mol. The van der Waals surface area contributed by atoms with E-state index < -0.39 is 15.1 Å². The first-order chi connectivity index (χ1) is 13.2. The van der Waals surface area contributed by atoms with Gasteiger partial charge in [-0.15, -0.1) is 0 Å². The number of hydrogen-bond acceptors (Lipinski definition) is 5. The van der Waals surface area contributed by atoms with Crippen molar-refractivity contribution < 1.29 is 22.7 Å². The maximum Gasteiger partial charge on any atom is 0.262 e. The molecule has 0 saturated carbocycles. The van der Waals surface area contributed by atoms with Crippen molar-refractivity contribution in [2.24, 2.45) is 0 Å². The summed E-state index contributed by atoms with van der Waals surface area (Å²) in [6.07, 6.45) is -0.176. The zero-order valence-corrected chi connectivity index (χ0v) is 16.7. The van der Waals surface area contributed by atoms with Gasteiger partial charge in [0.25, 0.3) is 5.91 Å². The summed E-state index contributed by atoms with van der Waals surface area (Å²) in [5.74, 6) is -0.357. The normalized spacial score (nSPS) is 14.5. The molecule has 148 valence electrons. The molecule has 28 heavy (non-hydrogen) atoms. The lowest BCUT2D eigenvalue weighted by atomic mass is 10.2. The summed E-state index contributed by atoms with van der Waals surface area (Å²) >= 11 is 0. The molecule has 0 aliphatic carbocycles. The molecular formula is C20H22N2O5S. The van der Waals surface area contributed by atoms with E-state index in [4.69, 9.17) is 4.74 Å². The largest absolute Gasteiger partial charge is 0.482 e. The van der Waals surface area contributed by atoms with E-state index in [0.29, 0.717) is 22.7 Å². The van der Waals surface area contributed by atoms with Crippen molar-refractivity contribution in [2.45, 2.75) is 37.3 Å². The first kappa shape index (κ1) is 19.9. The molecule has 8 heteroatoms. The summed E-state index contributed by atoms with van der Waals surface area (Å²) in [5.41, 5.74) is 2.55. The second-order valence-electron chi connectivity index (χ2n) is 6.93. The Labute approximate surface area is 164 Å². The fourth-order valence-electron chi connectivity index (χ4n) is 3.05. The Kier molecular flexibility index (Phi) is 5.42. The third-order valence-electron chi connectivity index (χ3n) is 4.52. The second-order valence-corrected chi connectivity index (χ2v) is 9.26. The maximum absolute atomic E-state index is 13.0. The number of amides is 2. The Hall–Kier alpha value is -2.87. The fraction of sp³-hybridized carbons (Fsp3) is 0.300. The molecule has 0 fully saturated rings. The van der Waals surface area contributed by atoms with Gasteiger partial charge in [0.15, 0.2) is 16.4 Å². The first-order valence-electron chi connectivity index (χ1n) is 8.84. The van der Waals surface area contributed by atoms with Gasteiger partial charge in [-0.1, -0.05) is 12.1 Å². The van der Waals surface area contributed by atoms with Crippen molar-refractivity contribution in [1.82, 2.24) is 0 Å². The molecule has 0 radical (unpaired) electrons. The highest BCUT2D eigenvalue weighted by Gasteiger charge is 2.29.